The van der Waals surface area contributed by atoms with Crippen LogP contribution in [-0.2, 0) is 65.4 Å². The average Bonchev–Trinajstić information content (AvgIpc) is 1.35. The molecule has 6 atom stereocenters. The second-order valence-corrected chi connectivity index (χ2v) is 31.7. The summed E-state index contributed by atoms with van der Waals surface area (Å²) in [5.41, 5.74) is 0. The molecule has 0 spiro atoms. The Bertz CT molecular complexity index is 1870. The van der Waals surface area contributed by atoms with Crippen molar-refractivity contribution < 1.29 is 80.2 Å². The van der Waals surface area contributed by atoms with Gasteiger partial charge in [0.1, 0.15) is 19.3 Å². The van der Waals surface area contributed by atoms with E-state index in [9.17, 15) is 43.2 Å². The summed E-state index contributed by atoms with van der Waals surface area (Å²) in [6.45, 7) is 9.61. The van der Waals surface area contributed by atoms with Crippen LogP contribution < -0.4 is 0 Å². The molecule has 0 fully saturated rings. The van der Waals surface area contributed by atoms with Crippen LogP contribution in [0.25, 0.3) is 0 Å². The van der Waals surface area contributed by atoms with Gasteiger partial charge in [-0.15, -0.1) is 0 Å². The van der Waals surface area contributed by atoms with E-state index in [0.29, 0.717) is 25.7 Å². The van der Waals surface area contributed by atoms with E-state index in [1.54, 1.807) is 0 Å². The molecular formula is C78H152O17P2. The second kappa shape index (κ2) is 69.8. The van der Waals surface area contributed by atoms with Gasteiger partial charge in [-0.1, -0.05) is 356 Å². The lowest BCUT2D eigenvalue weighted by atomic mass is 9.99. The summed E-state index contributed by atoms with van der Waals surface area (Å²) in [5, 5.41) is 10.6. The first-order chi connectivity index (χ1) is 46.9. The van der Waals surface area contributed by atoms with Crippen molar-refractivity contribution >= 4 is 39.5 Å². The largest absolute Gasteiger partial charge is 0.472 e. The molecule has 0 heterocycles. The highest BCUT2D eigenvalue weighted by molar-refractivity contribution is 7.47. The van der Waals surface area contributed by atoms with Crippen LogP contribution in [0.1, 0.15) is 408 Å². The summed E-state index contributed by atoms with van der Waals surface area (Å²) in [4.78, 5) is 72.9. The van der Waals surface area contributed by atoms with Crippen LogP contribution in [0.5, 0.6) is 0 Å². The number of aliphatic hydroxyl groups is 1. The number of ether oxygens (including phenoxy) is 4. The fraction of sp³-hybridized carbons (Fsp3) is 0.949. The molecule has 97 heavy (non-hydrogen) atoms. The van der Waals surface area contributed by atoms with Gasteiger partial charge in [-0.3, -0.25) is 37.3 Å². The number of esters is 4. The van der Waals surface area contributed by atoms with Crippen LogP contribution in [0.3, 0.4) is 0 Å². The van der Waals surface area contributed by atoms with Crippen molar-refractivity contribution in [2.24, 2.45) is 11.8 Å². The minimum atomic E-state index is -4.96. The molecule has 576 valence electrons. The zero-order valence-electron chi connectivity index (χ0n) is 63.4. The minimum Gasteiger partial charge on any atom is -0.462 e. The third kappa shape index (κ3) is 70.9. The zero-order chi connectivity index (χ0) is 71.4. The van der Waals surface area contributed by atoms with Crippen molar-refractivity contribution in [3.05, 3.63) is 0 Å². The van der Waals surface area contributed by atoms with E-state index in [1.807, 2.05) is 0 Å². The van der Waals surface area contributed by atoms with Gasteiger partial charge in [0.25, 0.3) is 0 Å². The van der Waals surface area contributed by atoms with Crippen molar-refractivity contribution in [1.82, 2.24) is 0 Å². The Balaban J connectivity index is 5.25. The predicted molar refractivity (Wildman–Crippen MR) is 395 cm³/mol. The predicted octanol–water partition coefficient (Wildman–Crippen LogP) is 23.1. The molecule has 0 aromatic carbocycles. The van der Waals surface area contributed by atoms with Gasteiger partial charge in [0.15, 0.2) is 12.2 Å². The molecule has 0 rings (SSSR count). The molecule has 0 aliphatic rings. The van der Waals surface area contributed by atoms with Crippen LogP contribution in [-0.4, -0.2) is 96.7 Å². The van der Waals surface area contributed by atoms with E-state index in [0.717, 1.165) is 102 Å². The van der Waals surface area contributed by atoms with Crippen molar-refractivity contribution in [1.29, 1.82) is 0 Å². The van der Waals surface area contributed by atoms with Gasteiger partial charge in [0, 0.05) is 25.7 Å². The van der Waals surface area contributed by atoms with Crippen LogP contribution in [0.2, 0.25) is 0 Å². The quantitative estimate of drug-likeness (QED) is 0.0222. The Kier molecular flexibility index (Phi) is 68.4. The van der Waals surface area contributed by atoms with Gasteiger partial charge in [-0.25, -0.2) is 9.13 Å². The molecule has 0 amide bonds. The topological polar surface area (TPSA) is 237 Å². The Labute approximate surface area is 594 Å². The monoisotopic (exact) mass is 1420 g/mol. The maximum absolute atomic E-state index is 13.1. The van der Waals surface area contributed by atoms with Gasteiger partial charge in [0.2, 0.25) is 0 Å². The number of phosphoric acid groups is 2. The van der Waals surface area contributed by atoms with Crippen molar-refractivity contribution in [3.63, 3.8) is 0 Å². The summed E-state index contributed by atoms with van der Waals surface area (Å²) in [6, 6.07) is 0. The molecular weight excluding hydrogens is 1270 g/mol. The molecule has 19 heteroatoms. The molecule has 3 unspecified atom stereocenters. The summed E-state index contributed by atoms with van der Waals surface area (Å²) >= 11 is 0. The second-order valence-electron chi connectivity index (χ2n) is 28.8. The zero-order valence-corrected chi connectivity index (χ0v) is 65.2. The van der Waals surface area contributed by atoms with E-state index in [-0.39, 0.29) is 25.7 Å². The highest BCUT2D eigenvalue weighted by atomic mass is 31.2. The first-order valence-electron chi connectivity index (χ1n) is 40.5. The fourth-order valence-electron chi connectivity index (χ4n) is 12.0. The number of hydrogen-bond donors (Lipinski definition) is 3. The van der Waals surface area contributed by atoms with E-state index in [1.165, 1.54) is 225 Å². The standard InChI is InChI=1S/C78H152O17P2/c1-7-10-12-14-16-18-20-22-23-24-25-26-27-28-32-37-44-50-56-62-77(82)94-73(66-88-76(81)61-55-49-43-36-33-29-30-34-40-46-52-58-70(4)5)68-92-96(84,85)90-64-72(79)65-91-97(86,87)93-69-74(95-78(83)63-57-51-45-39-38-41-47-53-59-71(6)9-3)67-89-75(80)60-54-48-42-35-31-21-19-17-15-13-11-8-2/h70-74,79H,7-69H2,1-6H3,(H,84,85)(H,86,87)/t71?,72-,73-,74-/m1/s1. The van der Waals surface area contributed by atoms with Gasteiger partial charge < -0.3 is 33.8 Å². The number of unbranched alkanes of at least 4 members (excludes halogenated alkanes) is 46. The number of phosphoric ester groups is 2. The fourth-order valence-corrected chi connectivity index (χ4v) is 13.6. The van der Waals surface area contributed by atoms with E-state index in [4.69, 9.17) is 37.0 Å². The van der Waals surface area contributed by atoms with Crippen LogP contribution in [0, 0.1) is 11.8 Å². The number of carbonyl (C=O) groups excluding carboxylic acids is 4. The summed E-state index contributed by atoms with van der Waals surface area (Å²) in [6.07, 6.45) is 58.2. The maximum atomic E-state index is 13.1. The molecule has 0 saturated heterocycles. The van der Waals surface area contributed by atoms with Gasteiger partial charge in [0.05, 0.1) is 26.4 Å². The van der Waals surface area contributed by atoms with Crippen LogP contribution in [0.15, 0.2) is 0 Å². The molecule has 0 aromatic heterocycles. The summed E-state index contributed by atoms with van der Waals surface area (Å²) in [5.74, 6) is -0.572. The smallest absolute Gasteiger partial charge is 0.462 e. The number of carbonyl (C=O) groups is 4. The molecule has 0 aliphatic heterocycles. The van der Waals surface area contributed by atoms with E-state index < -0.39 is 97.5 Å². The average molecular weight is 1420 g/mol. The van der Waals surface area contributed by atoms with E-state index in [2.05, 4.69) is 41.5 Å². The maximum Gasteiger partial charge on any atom is 0.472 e. The Morgan fingerprint density at radius 3 is 0.784 bits per heavy atom. The highest BCUT2D eigenvalue weighted by Crippen LogP contribution is 2.45. The molecule has 0 radical (unpaired) electrons. The molecule has 0 bridgehead atoms. The summed E-state index contributed by atoms with van der Waals surface area (Å²) in [7, 11) is -9.91. The van der Waals surface area contributed by atoms with Crippen LogP contribution in [0.4, 0.5) is 0 Å². The van der Waals surface area contributed by atoms with Crippen molar-refractivity contribution in [3.8, 4) is 0 Å². The Morgan fingerprint density at radius 2 is 0.526 bits per heavy atom. The molecule has 17 nitrogen and oxygen atoms in total. The Hall–Kier alpha value is -1.94. The first kappa shape index (κ1) is 95.1. The third-order valence-electron chi connectivity index (χ3n) is 18.6. The first-order valence-corrected chi connectivity index (χ1v) is 43.5. The number of aliphatic hydroxyl groups excluding tert-OH is 1. The normalized spacial score (nSPS) is 14.2. The van der Waals surface area contributed by atoms with Gasteiger partial charge in [-0.05, 0) is 37.5 Å². The van der Waals surface area contributed by atoms with Crippen molar-refractivity contribution in [2.75, 3.05) is 39.6 Å². The lowest BCUT2D eigenvalue weighted by molar-refractivity contribution is -0.161. The lowest BCUT2D eigenvalue weighted by Crippen LogP contribution is -2.30. The highest BCUT2D eigenvalue weighted by Gasteiger charge is 2.30. The third-order valence-corrected chi connectivity index (χ3v) is 20.5. The molecule has 3 N–H and O–H groups in total. The summed E-state index contributed by atoms with van der Waals surface area (Å²) < 4.78 is 68.6. The van der Waals surface area contributed by atoms with Crippen LogP contribution >= 0.6 is 15.6 Å². The lowest BCUT2D eigenvalue weighted by Gasteiger charge is -2.21. The van der Waals surface area contributed by atoms with E-state index >= 15 is 0 Å². The van der Waals surface area contributed by atoms with Gasteiger partial charge in [-0.2, -0.15) is 0 Å². The van der Waals surface area contributed by atoms with Gasteiger partial charge >= 0.3 is 39.5 Å². The number of hydrogen-bond acceptors (Lipinski definition) is 15. The molecule has 0 aliphatic carbocycles. The SMILES string of the molecule is CCCCCCCCCCCCCCCCCCCCCC(=O)O[C@H](COC(=O)CCCCCCCCCCCCCC(C)C)COP(=O)(O)OC[C@@H](O)COP(=O)(O)OC[C@@H](COC(=O)CCCCCCCCCCCCCC)OC(=O)CCCCCCCCCCC(C)CC. The molecule has 0 aromatic rings. The Morgan fingerprint density at radius 1 is 0.299 bits per heavy atom. The molecule has 0 saturated carbocycles. The van der Waals surface area contributed by atoms with Crippen molar-refractivity contribution in [2.45, 2.75) is 426 Å². The number of rotatable bonds is 77. The minimum absolute atomic E-state index is 0.105.